The van der Waals surface area contributed by atoms with Crippen molar-refractivity contribution in [1.82, 2.24) is 0 Å². The Bertz CT molecular complexity index is 472. The van der Waals surface area contributed by atoms with E-state index in [9.17, 15) is 0 Å². The van der Waals surface area contributed by atoms with Crippen molar-refractivity contribution in [3.63, 3.8) is 0 Å². The summed E-state index contributed by atoms with van der Waals surface area (Å²) < 4.78 is 0. The molecule has 2 N–H and O–H groups in total. The second kappa shape index (κ2) is 4.86. The first kappa shape index (κ1) is 10.8. The van der Waals surface area contributed by atoms with Crippen LogP contribution < -0.4 is 5.32 Å². The quantitative estimate of drug-likeness (QED) is 0.462. The van der Waals surface area contributed by atoms with Gasteiger partial charge in [-0.3, -0.25) is 5.41 Å². The van der Waals surface area contributed by atoms with Crippen molar-refractivity contribution >= 4 is 28.6 Å². The van der Waals surface area contributed by atoms with E-state index >= 15 is 0 Å². The number of amidine groups is 1. The number of allylic oxidation sites excluding steroid dienone is 3. The van der Waals surface area contributed by atoms with Gasteiger partial charge in [-0.2, -0.15) is 0 Å². The summed E-state index contributed by atoms with van der Waals surface area (Å²) in [6, 6.07) is 9.67. The summed E-state index contributed by atoms with van der Waals surface area (Å²) in [7, 11) is 0. The number of hydrogen-bond acceptors (Lipinski definition) is 2. The van der Waals surface area contributed by atoms with Crippen LogP contribution in [0.2, 0.25) is 0 Å². The Morgan fingerprint density at radius 1 is 1.25 bits per heavy atom. The molecule has 0 unspecified atom stereocenters. The highest BCUT2D eigenvalue weighted by molar-refractivity contribution is 7.81. The van der Waals surface area contributed by atoms with Crippen molar-refractivity contribution in [3.8, 4) is 0 Å². The van der Waals surface area contributed by atoms with E-state index in [4.69, 9.17) is 17.6 Å². The third-order valence-electron chi connectivity index (χ3n) is 2.32. The molecule has 2 rings (SSSR count). The van der Waals surface area contributed by atoms with E-state index in [0.717, 1.165) is 22.5 Å². The topological polar surface area (TPSA) is 35.9 Å². The smallest absolute Gasteiger partial charge is 0.131 e. The Hall–Kier alpha value is -1.74. The van der Waals surface area contributed by atoms with Crippen molar-refractivity contribution in [2.75, 3.05) is 5.32 Å². The molecule has 1 aromatic carbocycles. The van der Waals surface area contributed by atoms with Crippen LogP contribution in [0.25, 0.3) is 0 Å². The zero-order chi connectivity index (χ0) is 11.4. The molecule has 3 heteroatoms. The van der Waals surface area contributed by atoms with Gasteiger partial charge in [0.05, 0.1) is 0 Å². The fourth-order valence-electron chi connectivity index (χ4n) is 1.50. The first-order valence-electron chi connectivity index (χ1n) is 5.08. The molecule has 2 nitrogen and oxygen atoms in total. The van der Waals surface area contributed by atoms with Crippen LogP contribution in [0.15, 0.2) is 54.1 Å². The van der Waals surface area contributed by atoms with Crippen LogP contribution >= 0.6 is 12.2 Å². The minimum atomic E-state index is 0.362. The van der Waals surface area contributed by atoms with Gasteiger partial charge in [-0.1, -0.05) is 48.6 Å². The average molecular weight is 228 g/mol. The molecule has 0 bridgehead atoms. The Morgan fingerprint density at radius 3 is 2.69 bits per heavy atom. The minimum Gasteiger partial charge on any atom is -0.340 e. The molecule has 80 valence electrons. The molecule has 1 aromatic rings. The lowest BCUT2D eigenvalue weighted by Gasteiger charge is -2.13. The number of rotatable bonds is 2. The summed E-state index contributed by atoms with van der Waals surface area (Å²) in [5, 5.41) is 11.0. The molecule has 0 aromatic heterocycles. The summed E-state index contributed by atoms with van der Waals surface area (Å²) in [6.45, 7) is 0. The van der Waals surface area contributed by atoms with Crippen LogP contribution in [0.5, 0.6) is 0 Å². The average Bonchev–Trinajstić information content (AvgIpc) is 2.31. The van der Waals surface area contributed by atoms with Crippen molar-refractivity contribution in [2.45, 2.75) is 6.42 Å². The van der Waals surface area contributed by atoms with Crippen molar-refractivity contribution in [2.24, 2.45) is 0 Å². The molecular weight excluding hydrogens is 216 g/mol. The van der Waals surface area contributed by atoms with Crippen molar-refractivity contribution in [3.05, 3.63) is 54.1 Å². The Kier molecular flexibility index (Phi) is 3.27. The normalized spacial score (nSPS) is 14.5. The van der Waals surface area contributed by atoms with Crippen LogP contribution in [0.3, 0.4) is 0 Å². The molecule has 16 heavy (non-hydrogen) atoms. The second-order valence-corrected chi connectivity index (χ2v) is 3.99. The number of nitrogens with one attached hydrogen (secondary N) is 2. The van der Waals surface area contributed by atoms with Crippen LogP contribution in [0.1, 0.15) is 6.42 Å². The minimum absolute atomic E-state index is 0.362. The fourth-order valence-corrected chi connectivity index (χ4v) is 1.76. The monoisotopic (exact) mass is 228 g/mol. The largest absolute Gasteiger partial charge is 0.340 e. The zero-order valence-electron chi connectivity index (χ0n) is 8.73. The Labute approximate surface area is 100 Å². The van der Waals surface area contributed by atoms with Gasteiger partial charge in [0.1, 0.15) is 5.84 Å². The number of para-hydroxylation sites is 1. The number of anilines is 1. The Morgan fingerprint density at radius 2 is 2.00 bits per heavy atom. The van der Waals surface area contributed by atoms with Gasteiger partial charge in [-0.05, 0) is 12.1 Å². The molecule has 0 atom stereocenters. The molecule has 0 saturated carbocycles. The lowest BCUT2D eigenvalue weighted by atomic mass is 10.0. The number of benzene rings is 1. The third kappa shape index (κ3) is 2.44. The Balaban J connectivity index is 2.12. The summed E-state index contributed by atoms with van der Waals surface area (Å²) >= 11 is 5.22. The molecule has 1 aliphatic rings. The summed E-state index contributed by atoms with van der Waals surface area (Å²) in [6.07, 6.45) is 6.57. The van der Waals surface area contributed by atoms with E-state index < -0.39 is 0 Å². The SMILES string of the molecule is N=C(Nc1ccccc1)C1=CC=CCC1=S. The number of hydrogen-bond donors (Lipinski definition) is 2. The predicted octanol–water partition coefficient (Wildman–Crippen LogP) is 3.33. The van der Waals surface area contributed by atoms with Crippen LogP contribution in [0.4, 0.5) is 5.69 Å². The van der Waals surface area contributed by atoms with Gasteiger partial charge < -0.3 is 5.32 Å². The van der Waals surface area contributed by atoms with E-state index in [1.165, 1.54) is 0 Å². The summed E-state index contributed by atoms with van der Waals surface area (Å²) in [5.74, 6) is 0.362. The van der Waals surface area contributed by atoms with E-state index in [2.05, 4.69) is 5.32 Å². The third-order valence-corrected chi connectivity index (χ3v) is 2.70. The first-order valence-corrected chi connectivity index (χ1v) is 5.49. The predicted molar refractivity (Wildman–Crippen MR) is 72.2 cm³/mol. The van der Waals surface area contributed by atoms with Gasteiger partial charge >= 0.3 is 0 Å². The lowest BCUT2D eigenvalue weighted by Crippen LogP contribution is -2.19. The van der Waals surface area contributed by atoms with E-state index in [1.54, 1.807) is 0 Å². The summed E-state index contributed by atoms with van der Waals surface area (Å²) in [4.78, 5) is 0.816. The molecule has 0 spiro atoms. The van der Waals surface area contributed by atoms with Crippen molar-refractivity contribution < 1.29 is 0 Å². The van der Waals surface area contributed by atoms with Crippen LogP contribution in [-0.2, 0) is 0 Å². The molecule has 0 saturated heterocycles. The molecule has 1 aliphatic carbocycles. The highest BCUT2D eigenvalue weighted by atomic mass is 32.1. The second-order valence-electron chi connectivity index (χ2n) is 3.50. The molecule has 0 radical (unpaired) electrons. The van der Waals surface area contributed by atoms with Gasteiger partial charge in [0.15, 0.2) is 0 Å². The number of thiocarbonyl (C=S) groups is 1. The first-order chi connectivity index (χ1) is 7.77. The van der Waals surface area contributed by atoms with Gasteiger partial charge in [0.25, 0.3) is 0 Å². The van der Waals surface area contributed by atoms with Crippen LogP contribution in [0, 0.1) is 5.41 Å². The van der Waals surface area contributed by atoms with Gasteiger partial charge in [0, 0.05) is 22.5 Å². The fraction of sp³-hybridized carbons (Fsp3) is 0.0769. The maximum atomic E-state index is 7.95. The lowest BCUT2D eigenvalue weighted by molar-refractivity contribution is 1.42. The zero-order valence-corrected chi connectivity index (χ0v) is 9.55. The maximum absolute atomic E-state index is 7.95. The standard InChI is InChI=1S/C13H12N2S/c14-13(11-8-4-5-9-12(11)16)15-10-6-2-1-3-7-10/h1-8H,9H2,(H2,14,15). The van der Waals surface area contributed by atoms with Crippen LogP contribution in [-0.4, -0.2) is 10.7 Å². The highest BCUT2D eigenvalue weighted by Gasteiger charge is 2.11. The molecular formula is C13H12N2S. The van der Waals surface area contributed by atoms with Gasteiger partial charge in [0.2, 0.25) is 0 Å². The van der Waals surface area contributed by atoms with E-state index in [1.807, 2.05) is 48.6 Å². The maximum Gasteiger partial charge on any atom is 0.131 e. The molecule has 0 fully saturated rings. The van der Waals surface area contributed by atoms with E-state index in [-0.39, 0.29) is 0 Å². The molecule has 0 heterocycles. The molecule has 0 aliphatic heterocycles. The summed E-state index contributed by atoms with van der Waals surface area (Å²) in [5.41, 5.74) is 1.71. The highest BCUT2D eigenvalue weighted by Crippen LogP contribution is 2.13. The molecule has 0 amide bonds. The van der Waals surface area contributed by atoms with Crippen molar-refractivity contribution in [1.29, 1.82) is 5.41 Å². The van der Waals surface area contributed by atoms with Gasteiger partial charge in [-0.25, -0.2) is 0 Å². The van der Waals surface area contributed by atoms with Gasteiger partial charge in [-0.15, -0.1) is 0 Å². The van der Waals surface area contributed by atoms with E-state index in [0.29, 0.717) is 5.84 Å².